The fourth-order valence-electron chi connectivity index (χ4n) is 3.09. The molecule has 1 aliphatic rings. The van der Waals surface area contributed by atoms with Gasteiger partial charge in [0.2, 0.25) is 10.0 Å². The molecule has 1 aliphatic carbocycles. The number of rotatable bonds is 8. The van der Waals surface area contributed by atoms with Gasteiger partial charge in [-0.25, -0.2) is 8.42 Å². The lowest BCUT2D eigenvalue weighted by molar-refractivity contribution is 0.0897. The first-order chi connectivity index (χ1) is 11.7. The van der Waals surface area contributed by atoms with Crippen LogP contribution in [0.2, 0.25) is 0 Å². The Kier molecular flexibility index (Phi) is 5.91. The number of carbonyl (C=O) groups is 1. The molecule has 6 nitrogen and oxygen atoms in total. The summed E-state index contributed by atoms with van der Waals surface area (Å²) < 4.78 is 27.0. The Labute approximate surface area is 150 Å². The number of benzene rings is 1. The van der Waals surface area contributed by atoms with Crippen LogP contribution in [0.25, 0.3) is 0 Å². The molecule has 0 heterocycles. The molecule has 1 unspecified atom stereocenters. The second kappa shape index (κ2) is 7.43. The molecule has 0 aromatic heterocycles. The van der Waals surface area contributed by atoms with Crippen molar-refractivity contribution in [3.8, 4) is 0 Å². The smallest absolute Gasteiger partial charge is 0.251 e. The summed E-state index contributed by atoms with van der Waals surface area (Å²) in [6.45, 7) is 8.43. The van der Waals surface area contributed by atoms with Gasteiger partial charge in [-0.3, -0.25) is 4.79 Å². The van der Waals surface area contributed by atoms with E-state index >= 15 is 0 Å². The van der Waals surface area contributed by atoms with Gasteiger partial charge in [0.25, 0.3) is 5.91 Å². The molecule has 0 saturated heterocycles. The lowest BCUT2D eigenvalue weighted by Gasteiger charge is -2.29. The van der Waals surface area contributed by atoms with Crippen LogP contribution in [0.5, 0.6) is 0 Å². The monoisotopic (exact) mass is 367 g/mol. The zero-order valence-corrected chi connectivity index (χ0v) is 16.3. The van der Waals surface area contributed by atoms with Crippen molar-refractivity contribution < 1.29 is 13.2 Å². The second-order valence-corrected chi connectivity index (χ2v) is 8.83. The molecule has 1 atom stereocenters. The number of carbonyl (C=O) groups excluding carboxylic acids is 1. The third-order valence-corrected chi connectivity index (χ3v) is 7.27. The number of hydrogen-bond acceptors (Lipinski definition) is 4. The van der Waals surface area contributed by atoms with Crippen LogP contribution in [0.15, 0.2) is 23.1 Å². The normalized spacial score (nSPS) is 17.4. The lowest BCUT2D eigenvalue weighted by Crippen LogP contribution is -2.53. The van der Waals surface area contributed by atoms with E-state index in [-0.39, 0.29) is 10.8 Å². The van der Waals surface area contributed by atoms with E-state index in [1.54, 1.807) is 32.9 Å². The van der Waals surface area contributed by atoms with Crippen molar-refractivity contribution in [1.29, 1.82) is 0 Å². The third kappa shape index (κ3) is 4.04. The predicted molar refractivity (Wildman–Crippen MR) is 98.9 cm³/mol. The number of aryl methyl sites for hydroxylation is 1. The van der Waals surface area contributed by atoms with Gasteiger partial charge in [0, 0.05) is 25.2 Å². The highest BCUT2D eigenvalue weighted by Crippen LogP contribution is 2.39. The summed E-state index contributed by atoms with van der Waals surface area (Å²) in [6, 6.07) is 4.82. The van der Waals surface area contributed by atoms with Crippen LogP contribution in [0.3, 0.4) is 0 Å². The molecule has 1 amide bonds. The minimum Gasteiger partial charge on any atom is -0.345 e. The van der Waals surface area contributed by atoms with Crippen molar-refractivity contribution in [3.63, 3.8) is 0 Å². The fourth-order valence-corrected chi connectivity index (χ4v) is 4.80. The van der Waals surface area contributed by atoms with Crippen molar-refractivity contribution in [2.45, 2.75) is 51.0 Å². The SMILES string of the molecule is CCN(CC)S(=O)(=O)c1cc(C(=O)NC(C)(CN)C2CC2)ccc1C. The van der Waals surface area contributed by atoms with E-state index in [0.717, 1.165) is 12.8 Å². The highest BCUT2D eigenvalue weighted by molar-refractivity contribution is 7.89. The molecule has 25 heavy (non-hydrogen) atoms. The van der Waals surface area contributed by atoms with E-state index in [2.05, 4.69) is 5.32 Å². The molecule has 140 valence electrons. The molecule has 1 aromatic rings. The topological polar surface area (TPSA) is 92.5 Å². The molecule has 3 N–H and O–H groups in total. The molecular weight excluding hydrogens is 338 g/mol. The van der Waals surface area contributed by atoms with Crippen molar-refractivity contribution in [3.05, 3.63) is 29.3 Å². The third-order valence-electron chi connectivity index (χ3n) is 5.08. The summed E-state index contributed by atoms with van der Waals surface area (Å²) in [4.78, 5) is 12.9. The first-order valence-electron chi connectivity index (χ1n) is 8.83. The van der Waals surface area contributed by atoms with Crippen LogP contribution in [-0.4, -0.2) is 43.8 Å². The number of nitrogens with zero attached hydrogens (tertiary/aromatic N) is 1. The van der Waals surface area contributed by atoms with Gasteiger partial charge in [-0.1, -0.05) is 19.9 Å². The molecule has 2 rings (SSSR count). The molecule has 1 aromatic carbocycles. The summed E-state index contributed by atoms with van der Waals surface area (Å²) in [5.41, 5.74) is 6.39. The van der Waals surface area contributed by atoms with E-state index in [9.17, 15) is 13.2 Å². The Morgan fingerprint density at radius 2 is 1.92 bits per heavy atom. The fraction of sp³-hybridized carbons (Fsp3) is 0.611. The van der Waals surface area contributed by atoms with Crippen LogP contribution in [0.4, 0.5) is 0 Å². The minimum absolute atomic E-state index is 0.185. The van der Waals surface area contributed by atoms with Crippen LogP contribution in [-0.2, 0) is 10.0 Å². The summed E-state index contributed by atoms with van der Waals surface area (Å²) in [7, 11) is -3.61. The van der Waals surface area contributed by atoms with Gasteiger partial charge in [0.05, 0.1) is 10.4 Å². The average Bonchev–Trinajstić information content (AvgIpc) is 3.41. The molecule has 1 saturated carbocycles. The van der Waals surface area contributed by atoms with Crippen LogP contribution >= 0.6 is 0 Å². The highest BCUT2D eigenvalue weighted by Gasteiger charge is 2.41. The van der Waals surface area contributed by atoms with Gasteiger partial charge in [0.1, 0.15) is 0 Å². The standard InChI is InChI=1S/C18H29N3O3S/c1-5-21(6-2)25(23,24)16-11-14(8-7-13(16)3)17(22)20-18(4,12-19)15-9-10-15/h7-8,11,15H,5-6,9-10,12,19H2,1-4H3,(H,20,22). The Hall–Kier alpha value is -1.44. The Morgan fingerprint density at radius 1 is 1.32 bits per heavy atom. The zero-order valence-electron chi connectivity index (χ0n) is 15.5. The van der Waals surface area contributed by atoms with E-state index < -0.39 is 15.6 Å². The molecule has 1 fully saturated rings. The Morgan fingerprint density at radius 3 is 2.40 bits per heavy atom. The van der Waals surface area contributed by atoms with E-state index in [1.807, 2.05) is 6.92 Å². The van der Waals surface area contributed by atoms with Gasteiger partial charge < -0.3 is 11.1 Å². The van der Waals surface area contributed by atoms with Gasteiger partial charge in [-0.05, 0) is 50.3 Å². The van der Waals surface area contributed by atoms with Gasteiger partial charge in [0.15, 0.2) is 0 Å². The number of nitrogens with one attached hydrogen (secondary N) is 1. The Balaban J connectivity index is 2.34. The van der Waals surface area contributed by atoms with Crippen LogP contribution in [0, 0.1) is 12.8 Å². The number of amides is 1. The summed E-state index contributed by atoms with van der Waals surface area (Å²) in [5, 5.41) is 3.00. The Bertz CT molecular complexity index is 740. The summed E-state index contributed by atoms with van der Waals surface area (Å²) in [5.74, 6) is 0.113. The maximum Gasteiger partial charge on any atom is 0.251 e. The maximum absolute atomic E-state index is 12.8. The average molecular weight is 368 g/mol. The van der Waals surface area contributed by atoms with E-state index in [0.29, 0.717) is 36.7 Å². The molecule has 0 spiro atoms. The maximum atomic E-state index is 12.8. The first-order valence-corrected chi connectivity index (χ1v) is 10.3. The predicted octanol–water partition coefficient (Wildman–Crippen LogP) is 1.88. The highest BCUT2D eigenvalue weighted by atomic mass is 32.2. The molecule has 0 aliphatic heterocycles. The van der Waals surface area contributed by atoms with Crippen molar-refractivity contribution >= 4 is 15.9 Å². The second-order valence-electron chi connectivity index (χ2n) is 6.92. The van der Waals surface area contributed by atoms with Crippen molar-refractivity contribution in [2.75, 3.05) is 19.6 Å². The number of nitrogens with two attached hydrogens (primary N) is 1. The van der Waals surface area contributed by atoms with E-state index in [1.165, 1.54) is 10.4 Å². The lowest BCUT2D eigenvalue weighted by atomic mass is 9.95. The largest absolute Gasteiger partial charge is 0.345 e. The zero-order chi connectivity index (χ0) is 18.8. The summed E-state index contributed by atoms with van der Waals surface area (Å²) >= 11 is 0. The molecule has 7 heteroatoms. The van der Waals surface area contributed by atoms with E-state index in [4.69, 9.17) is 5.73 Å². The first kappa shape index (κ1) is 19.9. The van der Waals surface area contributed by atoms with Crippen molar-refractivity contribution in [2.24, 2.45) is 11.7 Å². The molecule has 0 radical (unpaired) electrons. The number of sulfonamides is 1. The minimum atomic E-state index is -3.61. The molecular formula is C18H29N3O3S. The molecule has 0 bridgehead atoms. The van der Waals surface area contributed by atoms with Crippen LogP contribution < -0.4 is 11.1 Å². The van der Waals surface area contributed by atoms with Gasteiger partial charge in [-0.2, -0.15) is 4.31 Å². The van der Waals surface area contributed by atoms with Gasteiger partial charge in [-0.15, -0.1) is 0 Å². The van der Waals surface area contributed by atoms with Crippen LogP contribution in [0.1, 0.15) is 49.5 Å². The summed E-state index contributed by atoms with van der Waals surface area (Å²) in [6.07, 6.45) is 2.12. The quantitative estimate of drug-likeness (QED) is 0.734. The number of hydrogen-bond donors (Lipinski definition) is 2. The van der Waals surface area contributed by atoms with Crippen molar-refractivity contribution in [1.82, 2.24) is 9.62 Å². The van der Waals surface area contributed by atoms with Gasteiger partial charge >= 0.3 is 0 Å².